The molecule has 1 aromatic carbocycles. The lowest BCUT2D eigenvalue weighted by molar-refractivity contribution is -0.134. The van der Waals surface area contributed by atoms with Crippen LogP contribution in [-0.4, -0.2) is 49.6 Å². The minimum atomic E-state index is -0.806. The Bertz CT molecular complexity index is 706. The zero-order valence-corrected chi connectivity index (χ0v) is 14.2. The number of carbonyl (C=O) groups is 3. The molecule has 8 nitrogen and oxygen atoms in total. The fourth-order valence-corrected chi connectivity index (χ4v) is 3.38. The van der Waals surface area contributed by atoms with Gasteiger partial charge in [-0.05, 0) is 25.0 Å². The third-order valence-corrected chi connectivity index (χ3v) is 4.61. The quantitative estimate of drug-likeness (QED) is 0.774. The molecule has 3 rings (SSSR count). The molecule has 0 unspecified atom stereocenters. The van der Waals surface area contributed by atoms with E-state index in [1.165, 1.54) is 0 Å². The van der Waals surface area contributed by atoms with Crippen molar-refractivity contribution in [2.45, 2.75) is 31.3 Å². The number of amides is 4. The fraction of sp³-hybridized carbons (Fsp3) is 0.471. The number of benzene rings is 1. The van der Waals surface area contributed by atoms with Crippen LogP contribution in [0.1, 0.15) is 30.9 Å². The minimum Gasteiger partial charge on any atom is -0.497 e. The number of methoxy groups -OCH3 is 2. The highest BCUT2D eigenvalue weighted by molar-refractivity contribution is 6.05. The second kappa shape index (κ2) is 7.00. The van der Waals surface area contributed by atoms with E-state index in [2.05, 4.69) is 10.6 Å². The van der Waals surface area contributed by atoms with Gasteiger partial charge in [-0.15, -0.1) is 0 Å². The average Bonchev–Trinajstić information content (AvgIpc) is 3.20. The summed E-state index contributed by atoms with van der Waals surface area (Å²) in [5.41, 5.74) is 0.911. The van der Waals surface area contributed by atoms with Crippen molar-refractivity contribution in [1.82, 2.24) is 15.5 Å². The van der Waals surface area contributed by atoms with Crippen molar-refractivity contribution in [3.63, 3.8) is 0 Å². The molecule has 2 aliphatic rings. The van der Waals surface area contributed by atoms with Crippen LogP contribution in [0.5, 0.6) is 11.5 Å². The Morgan fingerprint density at radius 2 is 2.08 bits per heavy atom. The monoisotopic (exact) mass is 347 g/mol. The van der Waals surface area contributed by atoms with Crippen LogP contribution < -0.4 is 20.1 Å². The van der Waals surface area contributed by atoms with Gasteiger partial charge in [0.15, 0.2) is 0 Å². The van der Waals surface area contributed by atoms with E-state index in [4.69, 9.17) is 9.47 Å². The Labute approximate surface area is 145 Å². The maximum atomic E-state index is 12.7. The van der Waals surface area contributed by atoms with E-state index in [1.807, 2.05) is 12.1 Å². The van der Waals surface area contributed by atoms with Crippen molar-refractivity contribution < 1.29 is 23.9 Å². The average molecular weight is 347 g/mol. The predicted octanol–water partition coefficient (Wildman–Crippen LogP) is 0.965. The van der Waals surface area contributed by atoms with Crippen LogP contribution in [0.4, 0.5) is 4.79 Å². The molecule has 1 aromatic rings. The normalized spacial score (nSPS) is 22.6. The summed E-state index contributed by atoms with van der Waals surface area (Å²) in [4.78, 5) is 37.3. The number of nitrogens with zero attached hydrogens (tertiary/aromatic N) is 1. The molecule has 2 N–H and O–H groups in total. The zero-order chi connectivity index (χ0) is 18.0. The Morgan fingerprint density at radius 1 is 1.28 bits per heavy atom. The number of carbonyl (C=O) groups excluding carboxylic acids is 3. The summed E-state index contributed by atoms with van der Waals surface area (Å²) in [5.74, 6) is 0.719. The molecule has 0 saturated carbocycles. The number of hydrogen-bond acceptors (Lipinski definition) is 5. The van der Waals surface area contributed by atoms with Crippen molar-refractivity contribution in [3.05, 3.63) is 23.8 Å². The standard InChI is InChI=1S/C17H21N3O5/c1-24-10-5-6-11(14(8-10)25-2)13-4-3-7-20(13)15(21)9-12-16(22)19-17(23)18-12/h5-6,8,12-13H,3-4,7,9H2,1-2H3,(H2,18,19,22,23)/t12-,13+/m1/s1. The molecule has 0 bridgehead atoms. The number of rotatable bonds is 5. The molecular formula is C17H21N3O5. The van der Waals surface area contributed by atoms with E-state index in [1.54, 1.807) is 25.2 Å². The Kier molecular flexibility index (Phi) is 4.78. The first kappa shape index (κ1) is 17.1. The third-order valence-electron chi connectivity index (χ3n) is 4.61. The molecular weight excluding hydrogens is 326 g/mol. The van der Waals surface area contributed by atoms with Crippen molar-refractivity contribution >= 4 is 17.8 Å². The Hall–Kier alpha value is -2.77. The molecule has 8 heteroatoms. The van der Waals surface area contributed by atoms with Gasteiger partial charge in [-0.25, -0.2) is 4.79 Å². The second-order valence-electron chi connectivity index (χ2n) is 6.07. The number of likely N-dealkylation sites (tertiary alicyclic amines) is 1. The van der Waals surface area contributed by atoms with Crippen molar-refractivity contribution in [2.24, 2.45) is 0 Å². The van der Waals surface area contributed by atoms with E-state index in [0.29, 0.717) is 18.0 Å². The Balaban J connectivity index is 1.77. The highest BCUT2D eigenvalue weighted by atomic mass is 16.5. The largest absolute Gasteiger partial charge is 0.497 e. The molecule has 4 amide bonds. The smallest absolute Gasteiger partial charge is 0.322 e. The first-order valence-corrected chi connectivity index (χ1v) is 8.16. The molecule has 2 fully saturated rings. The van der Waals surface area contributed by atoms with Crippen LogP contribution in [0.15, 0.2) is 18.2 Å². The summed E-state index contributed by atoms with van der Waals surface area (Å²) in [7, 11) is 3.17. The zero-order valence-electron chi connectivity index (χ0n) is 14.2. The number of urea groups is 1. The van der Waals surface area contributed by atoms with Gasteiger partial charge in [0, 0.05) is 18.2 Å². The van der Waals surface area contributed by atoms with Gasteiger partial charge in [0.2, 0.25) is 5.91 Å². The van der Waals surface area contributed by atoms with Crippen LogP contribution >= 0.6 is 0 Å². The van der Waals surface area contributed by atoms with Gasteiger partial charge in [-0.1, -0.05) is 0 Å². The van der Waals surface area contributed by atoms with Gasteiger partial charge in [-0.3, -0.25) is 14.9 Å². The van der Waals surface area contributed by atoms with Crippen LogP contribution in [0, 0.1) is 0 Å². The molecule has 134 valence electrons. The molecule has 0 radical (unpaired) electrons. The highest BCUT2D eigenvalue weighted by Crippen LogP contribution is 2.39. The van der Waals surface area contributed by atoms with Crippen molar-refractivity contribution in [3.8, 4) is 11.5 Å². The van der Waals surface area contributed by atoms with Crippen LogP contribution in [-0.2, 0) is 9.59 Å². The van der Waals surface area contributed by atoms with Crippen molar-refractivity contribution in [1.29, 1.82) is 0 Å². The lowest BCUT2D eigenvalue weighted by atomic mass is 10.0. The van der Waals surface area contributed by atoms with Crippen LogP contribution in [0.3, 0.4) is 0 Å². The topological polar surface area (TPSA) is 97.0 Å². The van der Waals surface area contributed by atoms with Gasteiger partial charge < -0.3 is 19.7 Å². The Morgan fingerprint density at radius 3 is 2.72 bits per heavy atom. The number of imide groups is 1. The summed E-state index contributed by atoms with van der Waals surface area (Å²) >= 11 is 0. The minimum absolute atomic E-state index is 0.0491. The summed E-state index contributed by atoms with van der Waals surface area (Å²) in [6, 6.07) is 4.05. The molecule has 25 heavy (non-hydrogen) atoms. The maximum Gasteiger partial charge on any atom is 0.322 e. The van der Waals surface area contributed by atoms with E-state index >= 15 is 0 Å². The molecule has 2 aliphatic heterocycles. The lowest BCUT2D eigenvalue weighted by Gasteiger charge is -2.27. The maximum absolute atomic E-state index is 12.7. The van der Waals surface area contributed by atoms with Gasteiger partial charge in [0.25, 0.3) is 5.91 Å². The van der Waals surface area contributed by atoms with Crippen LogP contribution in [0.2, 0.25) is 0 Å². The van der Waals surface area contributed by atoms with Gasteiger partial charge in [-0.2, -0.15) is 0 Å². The summed E-state index contributed by atoms with van der Waals surface area (Å²) in [6.07, 6.45) is 1.64. The SMILES string of the molecule is COc1ccc([C@@H]2CCCN2C(=O)C[C@H]2NC(=O)NC2=O)c(OC)c1. The third kappa shape index (κ3) is 3.38. The molecule has 2 heterocycles. The van der Waals surface area contributed by atoms with Gasteiger partial charge in [0.05, 0.1) is 26.7 Å². The van der Waals surface area contributed by atoms with E-state index in [-0.39, 0.29) is 18.4 Å². The summed E-state index contributed by atoms with van der Waals surface area (Å²) in [6.45, 7) is 0.612. The number of ether oxygens (including phenoxy) is 2. The fourth-order valence-electron chi connectivity index (χ4n) is 3.38. The molecule has 2 saturated heterocycles. The predicted molar refractivity (Wildman–Crippen MR) is 88.3 cm³/mol. The lowest BCUT2D eigenvalue weighted by Crippen LogP contribution is -2.38. The molecule has 0 aliphatic carbocycles. The van der Waals surface area contributed by atoms with E-state index in [0.717, 1.165) is 18.4 Å². The first-order chi connectivity index (χ1) is 12.0. The summed E-state index contributed by atoms with van der Waals surface area (Å²) < 4.78 is 10.7. The van der Waals surface area contributed by atoms with E-state index < -0.39 is 18.0 Å². The highest BCUT2D eigenvalue weighted by Gasteiger charge is 2.37. The number of hydrogen-bond donors (Lipinski definition) is 2. The molecule has 2 atom stereocenters. The van der Waals surface area contributed by atoms with Gasteiger partial charge >= 0.3 is 6.03 Å². The van der Waals surface area contributed by atoms with Crippen molar-refractivity contribution in [2.75, 3.05) is 20.8 Å². The van der Waals surface area contributed by atoms with Gasteiger partial charge in [0.1, 0.15) is 17.5 Å². The summed E-state index contributed by atoms with van der Waals surface area (Å²) in [5, 5.41) is 4.60. The first-order valence-electron chi connectivity index (χ1n) is 8.16. The number of nitrogens with one attached hydrogen (secondary N) is 2. The molecule has 0 aromatic heterocycles. The molecule has 0 spiro atoms. The second-order valence-corrected chi connectivity index (χ2v) is 6.07. The van der Waals surface area contributed by atoms with Crippen LogP contribution in [0.25, 0.3) is 0 Å². The van der Waals surface area contributed by atoms with E-state index in [9.17, 15) is 14.4 Å².